The van der Waals surface area contributed by atoms with E-state index in [1.165, 1.54) is 17.3 Å². The number of thioether (sulfide) groups is 1. The number of aromatic nitrogens is 4. The third-order valence-electron chi connectivity index (χ3n) is 4.44. The van der Waals surface area contributed by atoms with Crippen LogP contribution >= 0.6 is 11.8 Å². The monoisotopic (exact) mass is 368 g/mol. The first-order valence-corrected chi connectivity index (χ1v) is 9.80. The van der Waals surface area contributed by atoms with E-state index in [1.54, 1.807) is 0 Å². The highest BCUT2D eigenvalue weighted by Gasteiger charge is 2.16. The van der Waals surface area contributed by atoms with Crippen molar-refractivity contribution in [3.05, 3.63) is 52.8 Å². The van der Waals surface area contributed by atoms with Gasteiger partial charge in [0.2, 0.25) is 5.16 Å². The summed E-state index contributed by atoms with van der Waals surface area (Å²) in [6.45, 7) is 9.21. The van der Waals surface area contributed by atoms with E-state index in [0.717, 1.165) is 41.3 Å². The molecule has 2 heterocycles. The molecule has 0 saturated heterocycles. The number of benzene rings is 1. The Hall–Kier alpha value is -2.34. The number of H-pyrrole nitrogens is 1. The SMILES string of the molecule is CCCn1c(C)cc(C(=O)CSc2n[nH]c(-c3ccc(C)cc3)n2)c1C. The molecule has 0 saturated carbocycles. The van der Waals surface area contributed by atoms with Crippen LogP contribution in [0.4, 0.5) is 0 Å². The first-order valence-electron chi connectivity index (χ1n) is 8.81. The predicted molar refractivity (Wildman–Crippen MR) is 106 cm³/mol. The predicted octanol–water partition coefficient (Wildman–Crippen LogP) is 4.58. The van der Waals surface area contributed by atoms with Crippen LogP contribution in [0, 0.1) is 20.8 Å². The zero-order valence-electron chi connectivity index (χ0n) is 15.7. The molecule has 0 unspecified atom stereocenters. The highest BCUT2D eigenvalue weighted by atomic mass is 32.2. The van der Waals surface area contributed by atoms with Gasteiger partial charge in [0, 0.05) is 29.1 Å². The van der Waals surface area contributed by atoms with Crippen LogP contribution in [0.2, 0.25) is 0 Å². The number of ketones is 1. The van der Waals surface area contributed by atoms with Gasteiger partial charge in [-0.1, -0.05) is 48.5 Å². The number of rotatable bonds is 7. The second-order valence-corrected chi connectivity index (χ2v) is 7.42. The van der Waals surface area contributed by atoms with Crippen LogP contribution in [0.15, 0.2) is 35.5 Å². The molecule has 5 nitrogen and oxygen atoms in total. The van der Waals surface area contributed by atoms with E-state index in [1.807, 2.05) is 37.3 Å². The molecular formula is C20H24N4OS. The summed E-state index contributed by atoms with van der Waals surface area (Å²) in [4.78, 5) is 17.1. The van der Waals surface area contributed by atoms with E-state index in [0.29, 0.717) is 10.9 Å². The molecule has 2 aromatic heterocycles. The third kappa shape index (κ3) is 3.90. The number of carbonyl (C=O) groups is 1. The summed E-state index contributed by atoms with van der Waals surface area (Å²) in [6, 6.07) is 10.1. The molecule has 0 amide bonds. The second-order valence-electron chi connectivity index (χ2n) is 6.48. The van der Waals surface area contributed by atoms with Crippen LogP contribution < -0.4 is 0 Å². The van der Waals surface area contributed by atoms with Crippen molar-refractivity contribution in [1.29, 1.82) is 0 Å². The number of aromatic amines is 1. The summed E-state index contributed by atoms with van der Waals surface area (Å²) < 4.78 is 2.21. The normalized spacial score (nSPS) is 11.1. The standard InChI is InChI=1S/C20H24N4OS/c1-5-10-24-14(3)11-17(15(24)4)18(25)12-26-20-21-19(22-23-20)16-8-6-13(2)7-9-16/h6-9,11H,5,10,12H2,1-4H3,(H,21,22,23). The van der Waals surface area contributed by atoms with Gasteiger partial charge in [0.25, 0.3) is 0 Å². The number of aryl methyl sites for hydroxylation is 2. The second kappa shape index (κ2) is 7.91. The Morgan fingerprint density at radius 1 is 1.19 bits per heavy atom. The van der Waals surface area contributed by atoms with Gasteiger partial charge in [0.05, 0.1) is 5.75 Å². The number of nitrogens with one attached hydrogen (secondary N) is 1. The van der Waals surface area contributed by atoms with Gasteiger partial charge in [0.1, 0.15) is 0 Å². The molecule has 0 aliphatic heterocycles. The minimum Gasteiger partial charge on any atom is -0.348 e. The van der Waals surface area contributed by atoms with Gasteiger partial charge in [0.15, 0.2) is 11.6 Å². The van der Waals surface area contributed by atoms with Gasteiger partial charge in [-0.05, 0) is 33.3 Å². The molecule has 0 fully saturated rings. The van der Waals surface area contributed by atoms with Crippen molar-refractivity contribution < 1.29 is 4.79 Å². The van der Waals surface area contributed by atoms with Gasteiger partial charge < -0.3 is 4.57 Å². The number of Topliss-reactive ketones (excluding diaryl/α,β-unsaturated/α-hetero) is 1. The highest BCUT2D eigenvalue weighted by molar-refractivity contribution is 7.99. The van der Waals surface area contributed by atoms with E-state index in [9.17, 15) is 4.79 Å². The smallest absolute Gasteiger partial charge is 0.209 e. The molecule has 0 bridgehead atoms. The molecular weight excluding hydrogens is 344 g/mol. The third-order valence-corrected chi connectivity index (χ3v) is 5.29. The van der Waals surface area contributed by atoms with Crippen molar-refractivity contribution in [2.24, 2.45) is 0 Å². The maximum absolute atomic E-state index is 12.6. The van der Waals surface area contributed by atoms with Gasteiger partial charge in [-0.15, -0.1) is 5.10 Å². The molecule has 0 radical (unpaired) electrons. The Labute approximate surface area is 158 Å². The van der Waals surface area contributed by atoms with Crippen molar-refractivity contribution in [3.8, 4) is 11.4 Å². The molecule has 0 atom stereocenters. The Bertz CT molecular complexity index is 909. The molecule has 1 N–H and O–H groups in total. The van der Waals surface area contributed by atoms with Gasteiger partial charge >= 0.3 is 0 Å². The van der Waals surface area contributed by atoms with Gasteiger partial charge in [-0.25, -0.2) is 4.98 Å². The Morgan fingerprint density at radius 2 is 1.92 bits per heavy atom. The molecule has 0 aliphatic carbocycles. The first kappa shape index (κ1) is 18.5. The van der Waals surface area contributed by atoms with E-state index in [2.05, 4.69) is 40.5 Å². The van der Waals surface area contributed by atoms with E-state index in [4.69, 9.17) is 0 Å². The minimum atomic E-state index is 0.118. The van der Waals surface area contributed by atoms with E-state index < -0.39 is 0 Å². The van der Waals surface area contributed by atoms with Crippen molar-refractivity contribution in [3.63, 3.8) is 0 Å². The van der Waals surface area contributed by atoms with E-state index in [-0.39, 0.29) is 5.78 Å². The molecule has 3 rings (SSSR count). The molecule has 26 heavy (non-hydrogen) atoms. The van der Waals surface area contributed by atoms with Gasteiger partial charge in [-0.2, -0.15) is 0 Å². The minimum absolute atomic E-state index is 0.118. The largest absolute Gasteiger partial charge is 0.348 e. The summed E-state index contributed by atoms with van der Waals surface area (Å²) in [6.07, 6.45) is 1.05. The lowest BCUT2D eigenvalue weighted by Gasteiger charge is -2.07. The number of nitrogens with zero attached hydrogens (tertiary/aromatic N) is 3. The number of hydrogen-bond donors (Lipinski definition) is 1. The molecule has 0 spiro atoms. The lowest BCUT2D eigenvalue weighted by molar-refractivity contribution is 0.102. The Balaban J connectivity index is 1.67. The van der Waals surface area contributed by atoms with Crippen molar-refractivity contribution in [2.45, 2.75) is 45.8 Å². The zero-order valence-corrected chi connectivity index (χ0v) is 16.5. The van der Waals surface area contributed by atoms with E-state index >= 15 is 0 Å². The highest BCUT2D eigenvalue weighted by Crippen LogP contribution is 2.22. The van der Waals surface area contributed by atoms with Crippen LogP contribution in [-0.2, 0) is 6.54 Å². The molecule has 6 heteroatoms. The van der Waals surface area contributed by atoms with Gasteiger partial charge in [-0.3, -0.25) is 9.89 Å². The lowest BCUT2D eigenvalue weighted by atomic mass is 10.1. The average Bonchev–Trinajstić information content (AvgIpc) is 3.21. The molecule has 1 aromatic carbocycles. The van der Waals surface area contributed by atoms with Crippen LogP contribution in [0.25, 0.3) is 11.4 Å². The van der Waals surface area contributed by atoms with Crippen LogP contribution in [0.1, 0.15) is 40.7 Å². The van der Waals surface area contributed by atoms with Crippen molar-refractivity contribution in [1.82, 2.24) is 19.7 Å². The Morgan fingerprint density at radius 3 is 2.62 bits per heavy atom. The average molecular weight is 369 g/mol. The summed E-state index contributed by atoms with van der Waals surface area (Å²) in [5.74, 6) is 1.18. The first-order chi connectivity index (χ1) is 12.5. The summed E-state index contributed by atoms with van der Waals surface area (Å²) in [7, 11) is 0. The zero-order chi connectivity index (χ0) is 18.7. The summed E-state index contributed by atoms with van der Waals surface area (Å²) >= 11 is 1.37. The summed E-state index contributed by atoms with van der Waals surface area (Å²) in [5, 5.41) is 7.77. The fourth-order valence-electron chi connectivity index (χ4n) is 3.01. The topological polar surface area (TPSA) is 63.6 Å². The van der Waals surface area contributed by atoms with Crippen molar-refractivity contribution in [2.75, 3.05) is 5.75 Å². The van der Waals surface area contributed by atoms with Crippen LogP contribution in [0.5, 0.6) is 0 Å². The van der Waals surface area contributed by atoms with Crippen LogP contribution in [0.3, 0.4) is 0 Å². The Kier molecular flexibility index (Phi) is 5.61. The maximum atomic E-state index is 12.6. The van der Waals surface area contributed by atoms with Crippen molar-refractivity contribution >= 4 is 17.5 Å². The molecule has 136 valence electrons. The fourth-order valence-corrected chi connectivity index (χ4v) is 3.69. The fraction of sp³-hybridized carbons (Fsp3) is 0.350. The summed E-state index contributed by atoms with van der Waals surface area (Å²) in [5.41, 5.74) is 5.18. The quantitative estimate of drug-likeness (QED) is 0.490. The maximum Gasteiger partial charge on any atom is 0.209 e. The molecule has 3 aromatic rings. The number of hydrogen-bond acceptors (Lipinski definition) is 4. The lowest BCUT2D eigenvalue weighted by Crippen LogP contribution is -2.06. The number of carbonyl (C=O) groups excluding carboxylic acids is 1. The molecule has 0 aliphatic rings. The van der Waals surface area contributed by atoms with Crippen LogP contribution in [-0.4, -0.2) is 31.3 Å².